The summed E-state index contributed by atoms with van der Waals surface area (Å²) in [6.07, 6.45) is 6.86. The molecule has 0 saturated carbocycles. The van der Waals surface area contributed by atoms with Crippen LogP contribution in [-0.2, 0) is 22.6 Å². The van der Waals surface area contributed by atoms with E-state index in [0.717, 1.165) is 63.8 Å². The molecular formula is C29H33Cl2N3O3. The fraction of sp³-hybridized carbons (Fsp3) is 0.448. The summed E-state index contributed by atoms with van der Waals surface area (Å²) in [5, 5.41) is 1.03. The minimum Gasteiger partial charge on any atom is -0.445 e. The van der Waals surface area contributed by atoms with Crippen LogP contribution in [0.5, 0.6) is 0 Å². The number of halogens is 2. The molecule has 2 aromatic rings. The second kappa shape index (κ2) is 11.5. The van der Waals surface area contributed by atoms with Crippen LogP contribution >= 0.6 is 23.2 Å². The average molecular weight is 543 g/mol. The Balaban J connectivity index is 1.21. The van der Waals surface area contributed by atoms with Gasteiger partial charge in [0.2, 0.25) is 5.91 Å². The van der Waals surface area contributed by atoms with Crippen molar-refractivity contribution in [2.24, 2.45) is 0 Å². The van der Waals surface area contributed by atoms with Crippen LogP contribution in [0.3, 0.4) is 0 Å². The summed E-state index contributed by atoms with van der Waals surface area (Å²) in [5.41, 5.74) is 5.74. The van der Waals surface area contributed by atoms with Gasteiger partial charge >= 0.3 is 6.09 Å². The smallest absolute Gasteiger partial charge is 0.410 e. The minimum atomic E-state index is -0.366. The quantitative estimate of drug-likeness (QED) is 0.452. The fourth-order valence-corrected chi connectivity index (χ4v) is 6.20. The van der Waals surface area contributed by atoms with Crippen LogP contribution in [0.15, 0.2) is 42.5 Å². The van der Waals surface area contributed by atoms with Crippen molar-refractivity contribution in [2.45, 2.75) is 44.8 Å². The molecule has 1 saturated heterocycles. The van der Waals surface area contributed by atoms with Crippen molar-refractivity contribution in [2.75, 3.05) is 39.8 Å². The van der Waals surface area contributed by atoms with Gasteiger partial charge < -0.3 is 14.5 Å². The summed E-state index contributed by atoms with van der Waals surface area (Å²) in [5.74, 6) is 0.253. The van der Waals surface area contributed by atoms with Gasteiger partial charge in [0.1, 0.15) is 6.61 Å². The van der Waals surface area contributed by atoms with Gasteiger partial charge in [-0.2, -0.15) is 0 Å². The first-order valence-corrected chi connectivity index (χ1v) is 13.8. The molecule has 2 aromatic carbocycles. The molecule has 2 aliphatic heterocycles. The maximum absolute atomic E-state index is 12.9. The zero-order valence-electron chi connectivity index (χ0n) is 21.2. The monoisotopic (exact) mass is 541 g/mol. The van der Waals surface area contributed by atoms with Gasteiger partial charge in [-0.05, 0) is 84.2 Å². The number of aryl methyl sites for hydroxylation is 1. The van der Waals surface area contributed by atoms with Crippen LogP contribution in [0.1, 0.15) is 54.0 Å². The van der Waals surface area contributed by atoms with E-state index in [1.807, 2.05) is 4.90 Å². The Labute approximate surface area is 228 Å². The van der Waals surface area contributed by atoms with E-state index in [-0.39, 0.29) is 24.6 Å². The van der Waals surface area contributed by atoms with Gasteiger partial charge in [-0.3, -0.25) is 9.69 Å². The highest BCUT2D eigenvalue weighted by Gasteiger charge is 2.30. The second-order valence-electron chi connectivity index (χ2n) is 10.2. The lowest BCUT2D eigenvalue weighted by molar-refractivity contribution is -0.131. The molecule has 0 spiro atoms. The van der Waals surface area contributed by atoms with Gasteiger partial charge in [-0.1, -0.05) is 41.4 Å². The lowest BCUT2D eigenvalue weighted by Crippen LogP contribution is -2.40. The molecular weight excluding hydrogens is 509 g/mol. The van der Waals surface area contributed by atoms with E-state index < -0.39 is 0 Å². The maximum Gasteiger partial charge on any atom is 0.410 e. The molecule has 0 bridgehead atoms. The summed E-state index contributed by atoms with van der Waals surface area (Å²) < 4.78 is 5.58. The maximum atomic E-state index is 12.9. The summed E-state index contributed by atoms with van der Waals surface area (Å²) in [7, 11) is 1.80. The third-order valence-electron chi connectivity index (χ3n) is 7.71. The average Bonchev–Trinajstić information content (AvgIpc) is 3.57. The van der Waals surface area contributed by atoms with Gasteiger partial charge in [-0.15, -0.1) is 0 Å². The normalized spacial score (nSPS) is 19.5. The standard InChI is InChI=1S/C29H33Cl2N3O3/c1-32(29(36)37-19-20-14-24(30)17-25(31)15-20)27-7-6-22-4-5-23(16-26(22)27)21-8-12-33(13-9-21)18-28(35)34-10-2-3-11-34/h4-5,8,14-17,27H,2-3,6-7,9-13,18-19H2,1H3. The van der Waals surface area contributed by atoms with Crippen LogP contribution in [0.2, 0.25) is 10.0 Å². The summed E-state index contributed by atoms with van der Waals surface area (Å²) in [6.45, 7) is 4.10. The van der Waals surface area contributed by atoms with Crippen LogP contribution in [0.4, 0.5) is 4.79 Å². The van der Waals surface area contributed by atoms with E-state index in [1.54, 1.807) is 30.1 Å². The van der Waals surface area contributed by atoms with Gasteiger partial charge in [0.05, 0.1) is 12.6 Å². The zero-order chi connectivity index (χ0) is 25.9. The number of ether oxygens (including phenoxy) is 1. The van der Waals surface area contributed by atoms with E-state index in [4.69, 9.17) is 27.9 Å². The molecule has 0 aromatic heterocycles. The van der Waals surface area contributed by atoms with Gasteiger partial charge in [-0.25, -0.2) is 4.79 Å². The van der Waals surface area contributed by atoms with Gasteiger partial charge in [0.25, 0.3) is 0 Å². The first-order chi connectivity index (χ1) is 17.9. The van der Waals surface area contributed by atoms with E-state index in [1.165, 1.54) is 22.3 Å². The second-order valence-corrected chi connectivity index (χ2v) is 11.1. The Morgan fingerprint density at radius 1 is 1.03 bits per heavy atom. The third kappa shape index (κ3) is 6.14. The molecule has 3 aliphatic rings. The number of likely N-dealkylation sites (tertiary alicyclic amines) is 1. The largest absolute Gasteiger partial charge is 0.445 e. The number of fused-ring (bicyclic) bond motifs is 1. The number of carbonyl (C=O) groups is 2. The fourth-order valence-electron chi connectivity index (χ4n) is 5.63. The number of hydrogen-bond acceptors (Lipinski definition) is 4. The van der Waals surface area contributed by atoms with E-state index >= 15 is 0 Å². The van der Waals surface area contributed by atoms with Crippen LogP contribution < -0.4 is 0 Å². The Bertz CT molecular complexity index is 1190. The Hall–Kier alpha value is -2.54. The Morgan fingerprint density at radius 3 is 2.49 bits per heavy atom. The van der Waals surface area contributed by atoms with Crippen LogP contribution in [-0.4, -0.2) is 66.5 Å². The lowest BCUT2D eigenvalue weighted by Gasteiger charge is -2.28. The summed E-state index contributed by atoms with van der Waals surface area (Å²) in [4.78, 5) is 31.3. The van der Waals surface area contributed by atoms with E-state index in [2.05, 4.69) is 29.2 Å². The number of nitrogens with zero attached hydrogens (tertiary/aromatic N) is 3. The molecule has 2 amide bonds. The highest BCUT2D eigenvalue weighted by atomic mass is 35.5. The molecule has 1 aliphatic carbocycles. The van der Waals surface area contributed by atoms with Gasteiger partial charge in [0.15, 0.2) is 0 Å². The first-order valence-electron chi connectivity index (χ1n) is 13.0. The molecule has 37 heavy (non-hydrogen) atoms. The molecule has 5 rings (SSSR count). The molecule has 0 N–H and O–H groups in total. The van der Waals surface area contributed by atoms with E-state index in [9.17, 15) is 9.59 Å². The Morgan fingerprint density at radius 2 is 1.78 bits per heavy atom. The van der Waals surface area contributed by atoms with Crippen LogP contribution in [0.25, 0.3) is 5.57 Å². The molecule has 196 valence electrons. The molecule has 8 heteroatoms. The number of hydrogen-bond donors (Lipinski definition) is 0. The molecule has 1 atom stereocenters. The summed E-state index contributed by atoms with van der Waals surface area (Å²) in [6, 6.07) is 11.8. The lowest BCUT2D eigenvalue weighted by atomic mass is 9.95. The molecule has 1 fully saturated rings. The van der Waals surface area contributed by atoms with Crippen molar-refractivity contribution < 1.29 is 14.3 Å². The molecule has 0 radical (unpaired) electrons. The van der Waals surface area contributed by atoms with Crippen molar-refractivity contribution in [1.82, 2.24) is 14.7 Å². The highest BCUT2D eigenvalue weighted by Crippen LogP contribution is 2.38. The molecule has 2 heterocycles. The predicted molar refractivity (Wildman–Crippen MR) is 147 cm³/mol. The van der Waals surface area contributed by atoms with Crippen molar-refractivity contribution in [3.05, 3.63) is 74.8 Å². The van der Waals surface area contributed by atoms with Crippen LogP contribution in [0, 0.1) is 0 Å². The highest BCUT2D eigenvalue weighted by molar-refractivity contribution is 6.34. The van der Waals surface area contributed by atoms with Crippen molar-refractivity contribution >= 4 is 40.8 Å². The number of carbonyl (C=O) groups excluding carboxylic acids is 2. The van der Waals surface area contributed by atoms with Crippen molar-refractivity contribution in [1.29, 1.82) is 0 Å². The van der Waals surface area contributed by atoms with Crippen molar-refractivity contribution in [3.8, 4) is 0 Å². The van der Waals surface area contributed by atoms with Crippen molar-refractivity contribution in [3.63, 3.8) is 0 Å². The minimum absolute atomic E-state index is 0.0239. The Kier molecular flexibility index (Phi) is 8.08. The number of amides is 2. The number of benzene rings is 2. The summed E-state index contributed by atoms with van der Waals surface area (Å²) >= 11 is 12.1. The predicted octanol–water partition coefficient (Wildman–Crippen LogP) is 5.96. The van der Waals surface area contributed by atoms with E-state index in [0.29, 0.717) is 16.6 Å². The molecule has 6 nitrogen and oxygen atoms in total. The molecule has 1 unspecified atom stereocenters. The first kappa shape index (κ1) is 26.1. The zero-order valence-corrected chi connectivity index (χ0v) is 22.7. The van der Waals surface area contributed by atoms with Gasteiger partial charge in [0, 0.05) is 43.3 Å². The SMILES string of the molecule is CN(C(=O)OCc1cc(Cl)cc(Cl)c1)C1CCc2ccc(C3=CCN(CC(=O)N4CCCC4)CC3)cc21. The third-order valence-corrected chi connectivity index (χ3v) is 8.15. The number of rotatable bonds is 6. The topological polar surface area (TPSA) is 53.1 Å².